The van der Waals surface area contributed by atoms with Gasteiger partial charge in [-0.25, -0.2) is 0 Å². The van der Waals surface area contributed by atoms with Crippen molar-refractivity contribution in [1.82, 2.24) is 9.80 Å². The van der Waals surface area contributed by atoms with E-state index in [-0.39, 0.29) is 36.2 Å². The molecule has 1 aromatic carbocycles. The van der Waals surface area contributed by atoms with Gasteiger partial charge in [-0.05, 0) is 37.7 Å². The van der Waals surface area contributed by atoms with E-state index < -0.39 is 22.6 Å². The van der Waals surface area contributed by atoms with Crippen LogP contribution in [0.5, 0.6) is 0 Å². The summed E-state index contributed by atoms with van der Waals surface area (Å²) in [5, 5.41) is 9.74. The Morgan fingerprint density at radius 3 is 2.69 bits per heavy atom. The Balaban J connectivity index is 1.59. The lowest BCUT2D eigenvalue weighted by Crippen LogP contribution is -2.54. The van der Waals surface area contributed by atoms with Gasteiger partial charge in [-0.2, -0.15) is 0 Å². The number of rotatable bonds is 13. The molecule has 2 unspecified atom stereocenters. The first-order chi connectivity index (χ1) is 17.5. The van der Waals surface area contributed by atoms with E-state index in [0.29, 0.717) is 26.1 Å². The molecule has 1 N–H and O–H groups in total. The zero-order valence-electron chi connectivity index (χ0n) is 20.7. The first-order valence-corrected chi connectivity index (χ1v) is 13.7. The summed E-state index contributed by atoms with van der Waals surface area (Å²) in [6.07, 6.45) is 7.50. The van der Waals surface area contributed by atoms with Crippen LogP contribution in [0.4, 0.5) is 0 Å². The molecule has 3 aliphatic heterocycles. The fourth-order valence-corrected chi connectivity index (χ4v) is 8.27. The van der Waals surface area contributed by atoms with Gasteiger partial charge in [0.25, 0.3) is 0 Å². The number of fused-ring (bicyclic) bond motifs is 1. The fourth-order valence-electron chi connectivity index (χ4n) is 6.07. The number of nitrogens with zero attached hydrogens (tertiary/aromatic N) is 2. The lowest BCUT2D eigenvalue weighted by molar-refractivity contribution is -0.154. The fraction of sp³-hybridized carbons (Fsp3) is 0.536. The predicted octanol–water partition coefficient (Wildman–Crippen LogP) is 3.18. The van der Waals surface area contributed by atoms with E-state index in [1.54, 1.807) is 22.7 Å². The second kappa shape index (κ2) is 11.6. The van der Waals surface area contributed by atoms with Gasteiger partial charge in [-0.15, -0.1) is 24.9 Å². The van der Waals surface area contributed by atoms with Crippen LogP contribution in [0.1, 0.15) is 37.7 Å². The number of carbonyl (C=O) groups is 3. The number of ether oxygens (including phenoxy) is 1. The smallest absolute Gasteiger partial charge is 0.310 e. The molecule has 2 amide bonds. The lowest BCUT2D eigenvalue weighted by Gasteiger charge is -2.37. The first-order valence-electron chi connectivity index (χ1n) is 12.8. The molecule has 8 heteroatoms. The summed E-state index contributed by atoms with van der Waals surface area (Å²) in [4.78, 5) is 44.3. The monoisotopic (exact) mass is 512 g/mol. The Hall–Kier alpha value is -2.58. The summed E-state index contributed by atoms with van der Waals surface area (Å²) in [7, 11) is 0. The highest BCUT2D eigenvalue weighted by Crippen LogP contribution is 2.66. The van der Waals surface area contributed by atoms with Gasteiger partial charge in [0.15, 0.2) is 0 Å². The molecule has 0 radical (unpaired) electrons. The van der Waals surface area contributed by atoms with Gasteiger partial charge in [0, 0.05) is 24.9 Å². The van der Waals surface area contributed by atoms with E-state index in [2.05, 4.69) is 13.2 Å². The van der Waals surface area contributed by atoms with Crippen molar-refractivity contribution >= 4 is 29.5 Å². The average Bonchev–Trinajstić information content (AvgIpc) is 3.52. The van der Waals surface area contributed by atoms with Crippen molar-refractivity contribution in [3.05, 3.63) is 61.2 Å². The van der Waals surface area contributed by atoms with Crippen molar-refractivity contribution in [2.24, 2.45) is 11.8 Å². The lowest BCUT2D eigenvalue weighted by atomic mass is 9.71. The number of likely N-dealkylation sites (tertiary alicyclic amines) is 1. The van der Waals surface area contributed by atoms with E-state index in [1.807, 2.05) is 36.4 Å². The molecule has 194 valence electrons. The molecule has 2 bridgehead atoms. The summed E-state index contributed by atoms with van der Waals surface area (Å²) in [6, 6.07) is 8.99. The summed E-state index contributed by atoms with van der Waals surface area (Å²) in [5.74, 6) is -1.88. The van der Waals surface area contributed by atoms with E-state index in [9.17, 15) is 19.5 Å². The van der Waals surface area contributed by atoms with Gasteiger partial charge >= 0.3 is 5.97 Å². The first kappa shape index (κ1) is 26.5. The van der Waals surface area contributed by atoms with Crippen LogP contribution in [0.25, 0.3) is 0 Å². The highest BCUT2D eigenvalue weighted by Gasteiger charge is 2.74. The maximum atomic E-state index is 14.1. The Morgan fingerprint density at radius 1 is 1.22 bits per heavy atom. The number of benzene rings is 1. The van der Waals surface area contributed by atoms with Gasteiger partial charge in [0.2, 0.25) is 11.8 Å². The van der Waals surface area contributed by atoms with Gasteiger partial charge in [0.1, 0.15) is 6.04 Å². The molecule has 5 atom stereocenters. The number of hydrogen-bond acceptors (Lipinski definition) is 6. The molecule has 4 rings (SSSR count). The number of hydrogen-bond donors (Lipinski definition) is 1. The Bertz CT molecular complexity index is 985. The number of aliphatic hydroxyl groups is 1. The summed E-state index contributed by atoms with van der Waals surface area (Å²) in [5.41, 5.74) is 0.987. The van der Waals surface area contributed by atoms with Crippen LogP contribution in [-0.2, 0) is 25.7 Å². The molecule has 0 saturated carbocycles. The molecule has 0 aromatic heterocycles. The Labute approximate surface area is 217 Å². The standard InChI is InChI=1S/C28H36N2O5S/c1-3-5-6-10-18-35-27(34)22-21-13-14-28(36-21)23(22)25(32)30(16-17-31)24(28)26(33)29(15-4-2)19-20-11-8-7-9-12-20/h3-4,7-9,11-12,21-24,31H,1-2,5-6,10,13-19H2/t21-,22+,23-,24?,28?/m0/s1. The minimum atomic E-state index is -0.730. The maximum Gasteiger partial charge on any atom is 0.310 e. The predicted molar refractivity (Wildman–Crippen MR) is 140 cm³/mol. The summed E-state index contributed by atoms with van der Waals surface area (Å²) < 4.78 is 4.94. The van der Waals surface area contributed by atoms with E-state index >= 15 is 0 Å². The number of β-amino-alcohol motifs (C(OH)–C–C–N with tert-alkyl or cyclic N) is 1. The van der Waals surface area contributed by atoms with Crippen LogP contribution in [0.2, 0.25) is 0 Å². The minimum absolute atomic E-state index is 0.0341. The number of esters is 1. The molecule has 3 aliphatic rings. The number of unbranched alkanes of at least 4 members (excludes halogenated alkanes) is 2. The van der Waals surface area contributed by atoms with Crippen molar-refractivity contribution in [3.8, 4) is 0 Å². The molecular formula is C28H36N2O5S. The minimum Gasteiger partial charge on any atom is -0.465 e. The van der Waals surface area contributed by atoms with Crippen molar-refractivity contribution in [3.63, 3.8) is 0 Å². The number of allylic oxidation sites excluding steroid dienone is 1. The van der Waals surface area contributed by atoms with Crippen LogP contribution in [-0.4, -0.2) is 75.0 Å². The third kappa shape index (κ3) is 4.85. The van der Waals surface area contributed by atoms with Crippen LogP contribution in [0.15, 0.2) is 55.6 Å². The average molecular weight is 513 g/mol. The largest absolute Gasteiger partial charge is 0.465 e. The third-order valence-electron chi connectivity index (χ3n) is 7.57. The Kier molecular flexibility index (Phi) is 8.57. The zero-order chi connectivity index (χ0) is 25.7. The van der Waals surface area contributed by atoms with E-state index in [4.69, 9.17) is 4.74 Å². The second-order valence-electron chi connectivity index (χ2n) is 9.76. The van der Waals surface area contributed by atoms with E-state index in [1.165, 1.54) is 4.90 Å². The molecule has 3 heterocycles. The quantitative estimate of drug-likeness (QED) is 0.248. The second-order valence-corrected chi connectivity index (χ2v) is 11.4. The van der Waals surface area contributed by atoms with Crippen molar-refractivity contribution in [1.29, 1.82) is 0 Å². The number of aliphatic hydroxyl groups excluding tert-OH is 1. The molecule has 7 nitrogen and oxygen atoms in total. The molecule has 36 heavy (non-hydrogen) atoms. The highest BCUT2D eigenvalue weighted by atomic mass is 32.2. The molecule has 3 saturated heterocycles. The van der Waals surface area contributed by atoms with Gasteiger partial charge in [-0.3, -0.25) is 14.4 Å². The topological polar surface area (TPSA) is 87.2 Å². The molecule has 0 aliphatic carbocycles. The Morgan fingerprint density at radius 2 is 2.00 bits per heavy atom. The molecule has 1 aromatic rings. The van der Waals surface area contributed by atoms with Crippen LogP contribution in [0, 0.1) is 11.8 Å². The summed E-state index contributed by atoms with van der Waals surface area (Å²) in [6.45, 7) is 8.42. The van der Waals surface area contributed by atoms with Gasteiger partial charge in [0.05, 0.1) is 29.8 Å². The number of thioether (sulfide) groups is 1. The van der Waals surface area contributed by atoms with Crippen LogP contribution in [0.3, 0.4) is 0 Å². The maximum absolute atomic E-state index is 14.1. The normalized spacial score (nSPS) is 28.1. The molecular weight excluding hydrogens is 476 g/mol. The molecule has 3 fully saturated rings. The third-order valence-corrected chi connectivity index (χ3v) is 9.52. The summed E-state index contributed by atoms with van der Waals surface area (Å²) >= 11 is 1.61. The van der Waals surface area contributed by atoms with Crippen molar-refractivity contribution < 1.29 is 24.2 Å². The van der Waals surface area contributed by atoms with Gasteiger partial charge in [-0.1, -0.05) is 42.5 Å². The number of amides is 2. The van der Waals surface area contributed by atoms with E-state index in [0.717, 1.165) is 31.2 Å². The van der Waals surface area contributed by atoms with Crippen molar-refractivity contribution in [2.75, 3.05) is 26.3 Å². The highest BCUT2D eigenvalue weighted by molar-refractivity contribution is 8.02. The van der Waals surface area contributed by atoms with Crippen molar-refractivity contribution in [2.45, 2.75) is 54.7 Å². The van der Waals surface area contributed by atoms with Gasteiger partial charge < -0.3 is 19.6 Å². The SMILES string of the molecule is C=CCCCCOC(=O)[C@@H]1[C@@H]2CCC3(S2)C(C(=O)N(CC=C)Cc2ccccc2)N(CCO)C(=O)[C@H]13. The number of carbonyl (C=O) groups excluding carboxylic acids is 3. The zero-order valence-corrected chi connectivity index (χ0v) is 21.5. The van der Waals surface area contributed by atoms with Crippen LogP contribution >= 0.6 is 11.8 Å². The molecule has 1 spiro atoms. The van der Waals surface area contributed by atoms with Crippen LogP contribution < -0.4 is 0 Å².